The molecule has 2 aromatic carbocycles. The highest BCUT2D eigenvalue weighted by atomic mass is 19.1. The van der Waals surface area contributed by atoms with Gasteiger partial charge in [0.2, 0.25) is 5.95 Å². The van der Waals surface area contributed by atoms with Crippen molar-refractivity contribution in [3.05, 3.63) is 78.5 Å². The van der Waals surface area contributed by atoms with Crippen molar-refractivity contribution in [3.63, 3.8) is 0 Å². The summed E-state index contributed by atoms with van der Waals surface area (Å²) in [5, 5.41) is 17.5. The molecule has 1 aliphatic rings. The van der Waals surface area contributed by atoms with Gasteiger partial charge < -0.3 is 26.1 Å². The Labute approximate surface area is 192 Å². The zero-order valence-corrected chi connectivity index (χ0v) is 18.4. The van der Waals surface area contributed by atoms with Gasteiger partial charge in [0.1, 0.15) is 17.3 Å². The molecule has 0 bridgehead atoms. The lowest BCUT2D eigenvalue weighted by Crippen LogP contribution is -2.40. The molecule has 0 radical (unpaired) electrons. The standard InChI is InChI=1S/C24H28FN7O/c1-18(27-11-12-31-13-15-33-16-14-31)28-23-22(17-26)30-24(29-21-10-6-5-9-20(21)25)32(23)19-7-3-2-4-8-19/h2-10,17,26-28H,1,11-16H2,(H,29,30). The van der Waals surface area contributed by atoms with E-state index >= 15 is 0 Å². The van der Waals surface area contributed by atoms with Crippen LogP contribution in [0.4, 0.5) is 21.8 Å². The van der Waals surface area contributed by atoms with Crippen molar-refractivity contribution in [3.8, 4) is 5.69 Å². The molecule has 8 nitrogen and oxygen atoms in total. The van der Waals surface area contributed by atoms with E-state index in [1.165, 1.54) is 6.07 Å². The third-order valence-electron chi connectivity index (χ3n) is 5.32. The molecule has 0 atom stereocenters. The number of anilines is 3. The molecule has 0 spiro atoms. The number of rotatable bonds is 10. The summed E-state index contributed by atoms with van der Waals surface area (Å²) < 4.78 is 21.5. The molecule has 0 aliphatic carbocycles. The Bertz CT molecular complexity index is 1090. The van der Waals surface area contributed by atoms with Gasteiger partial charge in [-0.1, -0.05) is 36.9 Å². The molecule has 3 aromatic rings. The molecule has 1 saturated heterocycles. The first-order valence-electron chi connectivity index (χ1n) is 10.9. The summed E-state index contributed by atoms with van der Waals surface area (Å²) in [5.41, 5.74) is 1.50. The quantitative estimate of drug-likeness (QED) is 0.354. The average molecular weight is 450 g/mol. The van der Waals surface area contributed by atoms with Crippen molar-refractivity contribution in [2.45, 2.75) is 0 Å². The third kappa shape index (κ3) is 5.57. The highest BCUT2D eigenvalue weighted by molar-refractivity contribution is 5.85. The predicted molar refractivity (Wildman–Crippen MR) is 129 cm³/mol. The lowest BCUT2D eigenvalue weighted by Gasteiger charge is -2.27. The second kappa shape index (κ2) is 10.8. The van der Waals surface area contributed by atoms with E-state index in [0.29, 0.717) is 35.5 Å². The summed E-state index contributed by atoms with van der Waals surface area (Å²) in [5.74, 6) is 1.13. The minimum absolute atomic E-state index is 0.297. The maximum absolute atomic E-state index is 14.3. The predicted octanol–water partition coefficient (Wildman–Crippen LogP) is 3.56. The molecular weight excluding hydrogens is 421 g/mol. The summed E-state index contributed by atoms with van der Waals surface area (Å²) in [4.78, 5) is 6.87. The topological polar surface area (TPSA) is 90.2 Å². The van der Waals surface area contributed by atoms with E-state index in [1.54, 1.807) is 18.2 Å². The monoisotopic (exact) mass is 449 g/mol. The lowest BCUT2D eigenvalue weighted by atomic mass is 10.3. The molecule has 4 rings (SSSR count). The van der Waals surface area contributed by atoms with E-state index < -0.39 is 0 Å². The van der Waals surface area contributed by atoms with E-state index in [2.05, 4.69) is 32.4 Å². The minimum Gasteiger partial charge on any atom is -0.379 e. The zero-order chi connectivity index (χ0) is 23.0. The van der Waals surface area contributed by atoms with Gasteiger partial charge in [-0.25, -0.2) is 9.37 Å². The van der Waals surface area contributed by atoms with Crippen LogP contribution in [0.3, 0.4) is 0 Å². The number of halogens is 1. The normalized spacial score (nSPS) is 14.0. The molecule has 2 heterocycles. The number of ether oxygens (including phenoxy) is 1. The maximum Gasteiger partial charge on any atom is 0.214 e. The number of nitrogens with one attached hydrogen (secondary N) is 4. The van der Waals surface area contributed by atoms with E-state index in [0.717, 1.165) is 44.8 Å². The molecule has 1 fully saturated rings. The Morgan fingerprint density at radius 2 is 1.85 bits per heavy atom. The fourth-order valence-electron chi connectivity index (χ4n) is 3.63. The summed E-state index contributed by atoms with van der Waals surface area (Å²) in [6, 6.07) is 16.0. The van der Waals surface area contributed by atoms with E-state index in [4.69, 9.17) is 10.1 Å². The molecule has 9 heteroatoms. The van der Waals surface area contributed by atoms with Gasteiger partial charge in [0.15, 0.2) is 0 Å². The van der Waals surface area contributed by atoms with Gasteiger partial charge in [-0.2, -0.15) is 0 Å². The van der Waals surface area contributed by atoms with Crippen LogP contribution in [-0.2, 0) is 4.74 Å². The van der Waals surface area contributed by atoms with Gasteiger partial charge in [0.25, 0.3) is 0 Å². The van der Waals surface area contributed by atoms with Crippen LogP contribution in [0.15, 0.2) is 67.0 Å². The highest BCUT2D eigenvalue weighted by Gasteiger charge is 2.19. The molecule has 1 aromatic heterocycles. The lowest BCUT2D eigenvalue weighted by molar-refractivity contribution is 0.0387. The molecule has 0 amide bonds. The van der Waals surface area contributed by atoms with E-state index in [1.807, 2.05) is 34.9 Å². The average Bonchev–Trinajstić information content (AvgIpc) is 3.18. The van der Waals surface area contributed by atoms with Crippen LogP contribution in [0, 0.1) is 11.2 Å². The van der Waals surface area contributed by atoms with Crippen molar-refractivity contribution >= 4 is 23.7 Å². The van der Waals surface area contributed by atoms with E-state index in [9.17, 15) is 4.39 Å². The van der Waals surface area contributed by atoms with Crippen LogP contribution in [0.1, 0.15) is 5.69 Å². The molecule has 0 unspecified atom stereocenters. The molecular formula is C24H28FN7O. The Morgan fingerprint density at radius 1 is 1.12 bits per heavy atom. The highest BCUT2D eigenvalue weighted by Crippen LogP contribution is 2.29. The van der Waals surface area contributed by atoms with Crippen LogP contribution in [-0.4, -0.2) is 60.1 Å². The van der Waals surface area contributed by atoms with Crippen molar-refractivity contribution in [1.82, 2.24) is 19.8 Å². The number of benzene rings is 2. The minimum atomic E-state index is -0.389. The Hall–Kier alpha value is -3.69. The fraction of sp³-hybridized carbons (Fsp3) is 0.250. The van der Waals surface area contributed by atoms with Gasteiger partial charge >= 0.3 is 0 Å². The second-order valence-electron chi connectivity index (χ2n) is 7.57. The Balaban J connectivity index is 1.57. The van der Waals surface area contributed by atoms with Crippen LogP contribution in [0.2, 0.25) is 0 Å². The second-order valence-corrected chi connectivity index (χ2v) is 7.57. The van der Waals surface area contributed by atoms with E-state index in [-0.39, 0.29) is 5.82 Å². The SMILES string of the molecule is C=C(NCCN1CCOCC1)Nc1c(C=N)nc(Nc2ccccc2F)n1-c1ccccc1. The molecule has 33 heavy (non-hydrogen) atoms. The maximum atomic E-state index is 14.3. The largest absolute Gasteiger partial charge is 0.379 e. The summed E-state index contributed by atoms with van der Waals surface area (Å²) in [6.45, 7) is 9.04. The molecule has 1 aliphatic heterocycles. The number of imidazole rings is 1. The van der Waals surface area contributed by atoms with Crippen molar-refractivity contribution in [2.24, 2.45) is 0 Å². The van der Waals surface area contributed by atoms with Gasteiger partial charge in [0, 0.05) is 32.4 Å². The first kappa shape index (κ1) is 22.5. The molecule has 172 valence electrons. The van der Waals surface area contributed by atoms with Gasteiger partial charge in [-0.15, -0.1) is 0 Å². The number of morpholine rings is 1. The number of aromatic nitrogens is 2. The zero-order valence-electron chi connectivity index (χ0n) is 18.4. The first-order chi connectivity index (χ1) is 16.2. The molecule has 4 N–H and O–H groups in total. The number of para-hydroxylation sites is 2. The molecule has 0 saturated carbocycles. The van der Waals surface area contributed by atoms with Crippen LogP contribution < -0.4 is 16.0 Å². The number of nitrogens with zero attached hydrogens (tertiary/aromatic N) is 3. The van der Waals surface area contributed by atoms with Crippen molar-refractivity contribution < 1.29 is 9.13 Å². The van der Waals surface area contributed by atoms with Crippen LogP contribution in [0.25, 0.3) is 5.69 Å². The Morgan fingerprint density at radius 3 is 2.58 bits per heavy atom. The van der Waals surface area contributed by atoms with Crippen LogP contribution in [0.5, 0.6) is 0 Å². The van der Waals surface area contributed by atoms with Crippen molar-refractivity contribution in [1.29, 1.82) is 5.41 Å². The first-order valence-corrected chi connectivity index (χ1v) is 10.9. The Kier molecular flexibility index (Phi) is 7.33. The van der Waals surface area contributed by atoms with Gasteiger partial charge in [-0.05, 0) is 24.3 Å². The fourth-order valence-corrected chi connectivity index (χ4v) is 3.63. The third-order valence-corrected chi connectivity index (χ3v) is 5.32. The summed E-state index contributed by atoms with van der Waals surface area (Å²) >= 11 is 0. The van der Waals surface area contributed by atoms with Crippen LogP contribution >= 0.6 is 0 Å². The van der Waals surface area contributed by atoms with Gasteiger partial charge in [-0.3, -0.25) is 9.47 Å². The smallest absolute Gasteiger partial charge is 0.214 e. The number of hydrogen-bond acceptors (Lipinski definition) is 7. The van der Waals surface area contributed by atoms with Gasteiger partial charge in [0.05, 0.1) is 30.4 Å². The summed E-state index contributed by atoms with van der Waals surface area (Å²) in [6.07, 6.45) is 1.16. The van der Waals surface area contributed by atoms with Crippen molar-refractivity contribution in [2.75, 3.05) is 50.0 Å². The summed E-state index contributed by atoms with van der Waals surface area (Å²) in [7, 11) is 0. The number of hydrogen-bond donors (Lipinski definition) is 4.